The average molecular weight is 596 g/mol. The lowest BCUT2D eigenvalue weighted by molar-refractivity contribution is -0.126. The number of nitrogens with one attached hydrogen (secondary N) is 2. The third kappa shape index (κ3) is 7.41. The van der Waals surface area contributed by atoms with Crippen molar-refractivity contribution in [2.24, 2.45) is 11.8 Å². The largest absolute Gasteiger partial charge is 0.353 e. The second-order valence-electron chi connectivity index (χ2n) is 11.2. The summed E-state index contributed by atoms with van der Waals surface area (Å²) >= 11 is 6.02. The van der Waals surface area contributed by atoms with Crippen LogP contribution in [-0.2, 0) is 14.8 Å². The average Bonchev–Trinajstić information content (AvgIpc) is 3.23. The molecule has 1 saturated carbocycles. The molecule has 1 aliphatic carbocycles. The number of halogens is 3. The van der Waals surface area contributed by atoms with Gasteiger partial charge in [0, 0.05) is 55.5 Å². The molecule has 2 unspecified atom stereocenters. The lowest BCUT2D eigenvalue weighted by Gasteiger charge is -2.35. The molecule has 0 spiro atoms. The van der Waals surface area contributed by atoms with Crippen LogP contribution in [0.15, 0.2) is 59.5 Å². The van der Waals surface area contributed by atoms with E-state index in [0.29, 0.717) is 43.9 Å². The SMILES string of the molecule is CC[C@@H](c1ccc(Cl)cc1)[C@H](C)C(=O)NC1CC(F)(F)CC1CCC[C@H]1CNCCN1S(=O)(=O)c1ccccc1. The molecule has 0 bridgehead atoms. The summed E-state index contributed by atoms with van der Waals surface area (Å²) < 4.78 is 57.2. The molecule has 220 valence electrons. The molecule has 2 fully saturated rings. The van der Waals surface area contributed by atoms with Gasteiger partial charge >= 0.3 is 0 Å². The van der Waals surface area contributed by atoms with Crippen LogP contribution in [0.4, 0.5) is 8.78 Å². The van der Waals surface area contributed by atoms with Gasteiger partial charge in [0.2, 0.25) is 15.9 Å². The number of alkyl halides is 2. The Balaban J connectivity index is 1.37. The Kier molecular flexibility index (Phi) is 10.2. The van der Waals surface area contributed by atoms with E-state index in [1.54, 1.807) is 46.8 Å². The number of sulfonamides is 1. The van der Waals surface area contributed by atoms with Crippen LogP contribution in [0.1, 0.15) is 63.9 Å². The zero-order valence-electron chi connectivity index (χ0n) is 23.2. The predicted octanol–water partition coefficient (Wildman–Crippen LogP) is 5.83. The summed E-state index contributed by atoms with van der Waals surface area (Å²) in [6, 6.07) is 14.9. The number of hydrogen-bond donors (Lipinski definition) is 2. The fourth-order valence-electron chi connectivity index (χ4n) is 6.30. The lowest BCUT2D eigenvalue weighted by atomic mass is 9.84. The van der Waals surface area contributed by atoms with Crippen molar-refractivity contribution in [3.63, 3.8) is 0 Å². The Labute approximate surface area is 241 Å². The number of hydrogen-bond acceptors (Lipinski definition) is 4. The van der Waals surface area contributed by atoms with Crippen molar-refractivity contribution in [1.82, 2.24) is 14.9 Å². The molecule has 2 aromatic carbocycles. The maximum atomic E-state index is 14.6. The van der Waals surface area contributed by atoms with E-state index < -0.39 is 22.0 Å². The molecule has 5 atom stereocenters. The van der Waals surface area contributed by atoms with Crippen molar-refractivity contribution in [2.45, 2.75) is 81.2 Å². The minimum Gasteiger partial charge on any atom is -0.353 e. The van der Waals surface area contributed by atoms with Crippen molar-refractivity contribution in [3.05, 3.63) is 65.2 Å². The topological polar surface area (TPSA) is 78.5 Å². The van der Waals surface area contributed by atoms with Gasteiger partial charge in [-0.3, -0.25) is 4.79 Å². The van der Waals surface area contributed by atoms with Crippen LogP contribution < -0.4 is 10.6 Å². The van der Waals surface area contributed by atoms with Crippen LogP contribution in [-0.4, -0.2) is 56.3 Å². The monoisotopic (exact) mass is 595 g/mol. The van der Waals surface area contributed by atoms with Gasteiger partial charge in [-0.05, 0) is 60.9 Å². The number of amides is 1. The van der Waals surface area contributed by atoms with Crippen molar-refractivity contribution in [1.29, 1.82) is 0 Å². The molecule has 10 heteroatoms. The molecule has 2 aromatic rings. The second kappa shape index (κ2) is 13.3. The van der Waals surface area contributed by atoms with Crippen LogP contribution >= 0.6 is 11.6 Å². The van der Waals surface area contributed by atoms with E-state index in [1.807, 2.05) is 26.0 Å². The van der Waals surface area contributed by atoms with Crippen molar-refractivity contribution >= 4 is 27.5 Å². The number of benzene rings is 2. The molecule has 6 nitrogen and oxygen atoms in total. The fourth-order valence-corrected chi connectivity index (χ4v) is 8.10. The third-order valence-corrected chi connectivity index (χ3v) is 10.7. The Bertz CT molecular complexity index is 1230. The van der Waals surface area contributed by atoms with Gasteiger partial charge in [0.15, 0.2) is 0 Å². The first-order chi connectivity index (χ1) is 19.0. The van der Waals surface area contributed by atoms with E-state index in [1.165, 1.54) is 0 Å². The second-order valence-corrected chi connectivity index (χ2v) is 13.5. The molecular formula is C30H40ClF2N3O3S. The van der Waals surface area contributed by atoms with E-state index in [2.05, 4.69) is 10.6 Å². The van der Waals surface area contributed by atoms with Gasteiger partial charge in [-0.15, -0.1) is 0 Å². The van der Waals surface area contributed by atoms with E-state index in [4.69, 9.17) is 11.6 Å². The first-order valence-corrected chi connectivity index (χ1v) is 16.0. The molecule has 1 saturated heterocycles. The molecule has 2 aliphatic rings. The van der Waals surface area contributed by atoms with Crippen LogP contribution in [0.25, 0.3) is 0 Å². The Morgan fingerprint density at radius 2 is 1.82 bits per heavy atom. The van der Waals surface area contributed by atoms with E-state index >= 15 is 0 Å². The van der Waals surface area contributed by atoms with Crippen LogP contribution in [0, 0.1) is 11.8 Å². The normalized spacial score (nSPS) is 24.9. The van der Waals surface area contributed by atoms with Crippen LogP contribution in [0.2, 0.25) is 5.02 Å². The smallest absolute Gasteiger partial charge is 0.250 e. The quantitative estimate of drug-likeness (QED) is 0.342. The fraction of sp³-hybridized carbons (Fsp3) is 0.567. The van der Waals surface area contributed by atoms with Gasteiger partial charge in [0.05, 0.1) is 4.90 Å². The van der Waals surface area contributed by atoms with E-state index in [-0.39, 0.29) is 47.4 Å². The zero-order chi connectivity index (χ0) is 28.9. The molecule has 2 N–H and O–H groups in total. The van der Waals surface area contributed by atoms with E-state index in [0.717, 1.165) is 12.0 Å². The van der Waals surface area contributed by atoms with E-state index in [9.17, 15) is 22.0 Å². The third-order valence-electron chi connectivity index (χ3n) is 8.49. The molecule has 40 heavy (non-hydrogen) atoms. The van der Waals surface area contributed by atoms with Crippen molar-refractivity contribution < 1.29 is 22.0 Å². The highest BCUT2D eigenvalue weighted by Gasteiger charge is 2.47. The van der Waals surface area contributed by atoms with Crippen LogP contribution in [0.5, 0.6) is 0 Å². The Hall–Kier alpha value is -2.07. The summed E-state index contributed by atoms with van der Waals surface area (Å²) in [7, 11) is -3.64. The summed E-state index contributed by atoms with van der Waals surface area (Å²) in [6.07, 6.45) is 1.76. The number of piperazine rings is 1. The first kappa shape index (κ1) is 30.9. The molecule has 1 aliphatic heterocycles. The number of rotatable bonds is 11. The summed E-state index contributed by atoms with van der Waals surface area (Å²) in [4.78, 5) is 13.5. The zero-order valence-corrected chi connectivity index (χ0v) is 24.7. The highest BCUT2D eigenvalue weighted by atomic mass is 35.5. The Morgan fingerprint density at radius 1 is 1.12 bits per heavy atom. The lowest BCUT2D eigenvalue weighted by Crippen LogP contribution is -2.53. The van der Waals surface area contributed by atoms with Gasteiger partial charge in [0.25, 0.3) is 5.92 Å². The van der Waals surface area contributed by atoms with Gasteiger partial charge in [-0.25, -0.2) is 17.2 Å². The summed E-state index contributed by atoms with van der Waals surface area (Å²) in [6.45, 7) is 5.31. The minimum atomic E-state index is -3.64. The van der Waals surface area contributed by atoms with Gasteiger partial charge in [-0.2, -0.15) is 4.31 Å². The molecular weight excluding hydrogens is 556 g/mol. The maximum Gasteiger partial charge on any atom is 0.250 e. The molecule has 1 amide bonds. The molecule has 4 rings (SSSR count). The van der Waals surface area contributed by atoms with Gasteiger partial charge in [-0.1, -0.05) is 62.2 Å². The summed E-state index contributed by atoms with van der Waals surface area (Å²) in [5.74, 6) is -3.84. The molecule has 1 heterocycles. The minimum absolute atomic E-state index is 0.0472. The standard InChI is InChI=1S/C30H40ClF2N3O3S/c1-3-27(22-12-14-24(31)15-13-22)21(2)29(37)35-28-19-30(32,33)18-23(28)8-7-9-25-20-34-16-17-36(25)40(38,39)26-10-5-4-6-11-26/h4-6,10-15,21,23,25,27-28,34H,3,7-9,16-20H2,1-2H3,(H,35,37)/t21-,23?,25-,27+,28?/m0/s1. The molecule has 0 aromatic heterocycles. The first-order valence-electron chi connectivity index (χ1n) is 14.2. The maximum absolute atomic E-state index is 14.6. The highest BCUT2D eigenvalue weighted by molar-refractivity contribution is 7.89. The summed E-state index contributed by atoms with van der Waals surface area (Å²) in [5, 5.41) is 6.85. The number of nitrogens with zero attached hydrogens (tertiary/aromatic N) is 1. The summed E-state index contributed by atoms with van der Waals surface area (Å²) in [5.41, 5.74) is 0.999. The highest BCUT2D eigenvalue weighted by Crippen LogP contribution is 2.42. The molecule has 0 radical (unpaired) electrons. The van der Waals surface area contributed by atoms with Crippen molar-refractivity contribution in [3.8, 4) is 0 Å². The predicted molar refractivity (Wildman–Crippen MR) is 154 cm³/mol. The number of carbonyl (C=O) groups is 1. The van der Waals surface area contributed by atoms with Gasteiger partial charge in [0.1, 0.15) is 0 Å². The number of carbonyl (C=O) groups excluding carboxylic acids is 1. The van der Waals surface area contributed by atoms with Gasteiger partial charge < -0.3 is 10.6 Å². The van der Waals surface area contributed by atoms with Crippen LogP contribution in [0.3, 0.4) is 0 Å². The van der Waals surface area contributed by atoms with Crippen molar-refractivity contribution in [2.75, 3.05) is 19.6 Å². The Morgan fingerprint density at radius 3 is 2.50 bits per heavy atom.